The smallest absolute Gasteiger partial charge is 0.338 e. The molecule has 0 unspecified atom stereocenters. The summed E-state index contributed by atoms with van der Waals surface area (Å²) in [6.07, 6.45) is -4.40. The number of rotatable bonds is 6. The van der Waals surface area contributed by atoms with Gasteiger partial charge in [0, 0.05) is 15.7 Å². The van der Waals surface area contributed by atoms with Gasteiger partial charge < -0.3 is 9.84 Å². The molecule has 1 N–H and O–H groups in total. The lowest BCUT2D eigenvalue weighted by Crippen LogP contribution is -2.30. The van der Waals surface area contributed by atoms with E-state index >= 15 is 0 Å². The second-order valence-electron chi connectivity index (χ2n) is 6.77. The highest BCUT2D eigenvalue weighted by atomic mass is 79.9. The Morgan fingerprint density at radius 2 is 1.90 bits per heavy atom. The summed E-state index contributed by atoms with van der Waals surface area (Å²) < 4.78 is 44.1. The van der Waals surface area contributed by atoms with Gasteiger partial charge in [0.05, 0.1) is 18.7 Å². The molecule has 0 bridgehead atoms. The van der Waals surface area contributed by atoms with Crippen molar-refractivity contribution in [3.8, 4) is 11.4 Å². The standard InChI is InChI=1S/C20H18BrF3N4O2/c1-12-9-15(21)7-8-16(12)25-17(29)10-28(2)11-18-26-19(27-30-18)13-3-5-14(6-4-13)20(22,23)24/h3-9H,10-11H2,1-2H3,(H,25,29). The number of halogens is 4. The fourth-order valence-corrected chi connectivity index (χ4v) is 3.21. The van der Waals surface area contributed by atoms with E-state index in [4.69, 9.17) is 4.52 Å². The van der Waals surface area contributed by atoms with Crippen LogP contribution < -0.4 is 5.32 Å². The van der Waals surface area contributed by atoms with E-state index in [0.717, 1.165) is 27.9 Å². The van der Waals surface area contributed by atoms with Gasteiger partial charge in [-0.3, -0.25) is 9.69 Å². The Kier molecular flexibility index (Phi) is 6.57. The van der Waals surface area contributed by atoms with Crippen molar-refractivity contribution < 1.29 is 22.5 Å². The Morgan fingerprint density at radius 1 is 1.20 bits per heavy atom. The Bertz CT molecular complexity index is 1040. The predicted molar refractivity (Wildman–Crippen MR) is 109 cm³/mol. The highest BCUT2D eigenvalue weighted by molar-refractivity contribution is 9.10. The van der Waals surface area contributed by atoms with Crippen molar-refractivity contribution in [3.05, 3.63) is 64.0 Å². The molecule has 158 valence electrons. The van der Waals surface area contributed by atoms with Crippen LogP contribution in [-0.4, -0.2) is 34.5 Å². The fraction of sp³-hybridized carbons (Fsp3) is 0.250. The van der Waals surface area contributed by atoms with Crippen LogP contribution in [0.4, 0.5) is 18.9 Å². The molecule has 2 aromatic carbocycles. The predicted octanol–water partition coefficient (Wildman–Crippen LogP) is 4.90. The molecule has 30 heavy (non-hydrogen) atoms. The Morgan fingerprint density at radius 3 is 2.53 bits per heavy atom. The maximum atomic E-state index is 12.7. The third kappa shape index (κ3) is 5.67. The second kappa shape index (κ2) is 8.97. The van der Waals surface area contributed by atoms with Crippen LogP contribution >= 0.6 is 15.9 Å². The zero-order valence-corrected chi connectivity index (χ0v) is 17.7. The van der Waals surface area contributed by atoms with Gasteiger partial charge in [0.25, 0.3) is 0 Å². The first-order valence-electron chi connectivity index (χ1n) is 8.86. The lowest BCUT2D eigenvalue weighted by molar-refractivity contribution is -0.137. The van der Waals surface area contributed by atoms with Gasteiger partial charge in [-0.2, -0.15) is 18.2 Å². The third-order valence-corrected chi connectivity index (χ3v) is 4.71. The van der Waals surface area contributed by atoms with Crippen LogP contribution in [0.2, 0.25) is 0 Å². The average molecular weight is 483 g/mol. The molecule has 6 nitrogen and oxygen atoms in total. The van der Waals surface area contributed by atoms with Crippen LogP contribution in [0.5, 0.6) is 0 Å². The molecule has 1 heterocycles. The molecular weight excluding hydrogens is 465 g/mol. The van der Waals surface area contributed by atoms with E-state index in [1.165, 1.54) is 12.1 Å². The maximum absolute atomic E-state index is 12.7. The van der Waals surface area contributed by atoms with E-state index in [1.54, 1.807) is 11.9 Å². The first-order chi connectivity index (χ1) is 14.1. The Labute approximate surface area is 179 Å². The number of likely N-dealkylation sites (N-methyl/N-ethyl adjacent to an activating group) is 1. The number of benzene rings is 2. The molecule has 0 radical (unpaired) electrons. The van der Waals surface area contributed by atoms with Gasteiger partial charge in [0.1, 0.15) is 0 Å². The van der Waals surface area contributed by atoms with E-state index in [2.05, 4.69) is 31.4 Å². The number of carbonyl (C=O) groups excluding carboxylic acids is 1. The molecule has 0 spiro atoms. The van der Waals surface area contributed by atoms with Crippen molar-refractivity contribution in [3.63, 3.8) is 0 Å². The molecule has 0 aliphatic heterocycles. The molecule has 10 heteroatoms. The van der Waals surface area contributed by atoms with E-state index in [0.29, 0.717) is 5.56 Å². The van der Waals surface area contributed by atoms with Crippen LogP contribution in [0.1, 0.15) is 17.0 Å². The lowest BCUT2D eigenvalue weighted by Gasteiger charge is -2.15. The number of hydrogen-bond acceptors (Lipinski definition) is 5. The highest BCUT2D eigenvalue weighted by Gasteiger charge is 2.30. The summed E-state index contributed by atoms with van der Waals surface area (Å²) >= 11 is 3.38. The average Bonchev–Trinajstić information content (AvgIpc) is 3.11. The topological polar surface area (TPSA) is 71.3 Å². The van der Waals surface area contributed by atoms with Crippen molar-refractivity contribution in [1.82, 2.24) is 15.0 Å². The number of carbonyl (C=O) groups is 1. The number of nitrogens with zero attached hydrogens (tertiary/aromatic N) is 3. The molecule has 3 aromatic rings. The van der Waals surface area contributed by atoms with Crippen LogP contribution in [0, 0.1) is 6.92 Å². The van der Waals surface area contributed by atoms with Gasteiger partial charge in [-0.25, -0.2) is 0 Å². The minimum atomic E-state index is -4.40. The minimum Gasteiger partial charge on any atom is -0.338 e. The summed E-state index contributed by atoms with van der Waals surface area (Å²) in [5.41, 5.74) is 1.31. The zero-order valence-electron chi connectivity index (χ0n) is 16.1. The van der Waals surface area contributed by atoms with Gasteiger partial charge in [-0.15, -0.1) is 0 Å². The van der Waals surface area contributed by atoms with Gasteiger partial charge in [-0.1, -0.05) is 33.2 Å². The summed E-state index contributed by atoms with van der Waals surface area (Å²) in [5.74, 6) is 0.229. The highest BCUT2D eigenvalue weighted by Crippen LogP contribution is 2.30. The summed E-state index contributed by atoms with van der Waals surface area (Å²) in [6, 6.07) is 10.1. The van der Waals surface area contributed by atoms with Crippen molar-refractivity contribution in [2.75, 3.05) is 18.9 Å². The summed E-state index contributed by atoms with van der Waals surface area (Å²) in [6.45, 7) is 2.19. The number of amides is 1. The molecule has 0 fully saturated rings. The summed E-state index contributed by atoms with van der Waals surface area (Å²) in [4.78, 5) is 18.1. The molecule has 3 rings (SSSR count). The second-order valence-corrected chi connectivity index (χ2v) is 7.68. The largest absolute Gasteiger partial charge is 0.416 e. The van der Waals surface area contributed by atoms with Crippen molar-refractivity contribution in [2.24, 2.45) is 0 Å². The van der Waals surface area contributed by atoms with Crippen LogP contribution in [0.25, 0.3) is 11.4 Å². The molecule has 0 aliphatic rings. The molecule has 0 saturated heterocycles. The third-order valence-electron chi connectivity index (χ3n) is 4.22. The number of aromatic nitrogens is 2. The fourth-order valence-electron chi connectivity index (χ4n) is 2.73. The summed E-state index contributed by atoms with van der Waals surface area (Å²) in [7, 11) is 1.72. The number of nitrogens with one attached hydrogen (secondary N) is 1. The van der Waals surface area contributed by atoms with Gasteiger partial charge in [0.2, 0.25) is 17.6 Å². The van der Waals surface area contributed by atoms with Crippen LogP contribution in [0.3, 0.4) is 0 Å². The quantitative estimate of drug-likeness (QED) is 0.541. The lowest BCUT2D eigenvalue weighted by atomic mass is 10.1. The molecule has 1 aromatic heterocycles. The van der Waals surface area contributed by atoms with Crippen LogP contribution in [-0.2, 0) is 17.5 Å². The molecule has 0 atom stereocenters. The number of alkyl halides is 3. The first kappa shape index (κ1) is 22.0. The molecule has 1 amide bonds. The first-order valence-corrected chi connectivity index (χ1v) is 9.66. The SMILES string of the molecule is Cc1cc(Br)ccc1NC(=O)CN(C)Cc1nc(-c2ccc(C(F)(F)F)cc2)no1. The Hall–Kier alpha value is -2.72. The van der Waals surface area contributed by atoms with E-state index in [1.807, 2.05) is 25.1 Å². The molecular formula is C20H18BrF3N4O2. The maximum Gasteiger partial charge on any atom is 0.416 e. The van der Waals surface area contributed by atoms with Crippen LogP contribution in [0.15, 0.2) is 51.5 Å². The van der Waals surface area contributed by atoms with Crippen molar-refractivity contribution >= 4 is 27.5 Å². The van der Waals surface area contributed by atoms with E-state index < -0.39 is 11.7 Å². The van der Waals surface area contributed by atoms with Crippen molar-refractivity contribution in [2.45, 2.75) is 19.6 Å². The van der Waals surface area contributed by atoms with Crippen molar-refractivity contribution in [1.29, 1.82) is 0 Å². The molecule has 0 aliphatic carbocycles. The normalized spacial score (nSPS) is 11.7. The monoisotopic (exact) mass is 482 g/mol. The minimum absolute atomic E-state index is 0.0908. The van der Waals surface area contributed by atoms with E-state index in [9.17, 15) is 18.0 Å². The zero-order chi connectivity index (χ0) is 21.9. The van der Waals surface area contributed by atoms with Gasteiger partial charge in [-0.05, 0) is 49.9 Å². The molecule has 0 saturated carbocycles. The number of anilines is 1. The van der Waals surface area contributed by atoms with E-state index in [-0.39, 0.29) is 30.7 Å². The number of hydrogen-bond donors (Lipinski definition) is 1. The van der Waals surface area contributed by atoms with Gasteiger partial charge >= 0.3 is 6.18 Å². The number of aryl methyl sites for hydroxylation is 1. The van der Waals surface area contributed by atoms with Gasteiger partial charge in [0.15, 0.2) is 0 Å². The summed E-state index contributed by atoms with van der Waals surface area (Å²) in [5, 5.41) is 6.64. The Balaban J connectivity index is 1.58.